The number of halogens is 3. The zero-order chi connectivity index (χ0) is 21.9. The fraction of sp³-hybridized carbons (Fsp3) is 0.565. The lowest BCUT2D eigenvalue weighted by Gasteiger charge is -2.38. The van der Waals surface area contributed by atoms with E-state index >= 15 is 0 Å². The van der Waals surface area contributed by atoms with E-state index in [-0.39, 0.29) is 17.5 Å². The number of alkyl halides is 3. The Morgan fingerprint density at radius 1 is 1.17 bits per heavy atom. The Hall–Kier alpha value is -2.15. The molecule has 4 nitrogen and oxygen atoms in total. The molecule has 0 saturated heterocycles. The van der Waals surface area contributed by atoms with E-state index in [2.05, 4.69) is 11.1 Å². The van der Waals surface area contributed by atoms with Gasteiger partial charge >= 0.3 is 6.18 Å². The van der Waals surface area contributed by atoms with Crippen LogP contribution in [0.5, 0.6) is 0 Å². The fourth-order valence-electron chi connectivity index (χ4n) is 4.45. The highest BCUT2D eigenvalue weighted by molar-refractivity contribution is 5.94. The largest absolute Gasteiger partial charge is 0.421 e. The van der Waals surface area contributed by atoms with Gasteiger partial charge in [0.25, 0.3) is 5.91 Å². The van der Waals surface area contributed by atoms with E-state index in [9.17, 15) is 23.1 Å². The summed E-state index contributed by atoms with van der Waals surface area (Å²) in [5.41, 5.74) is -2.89. The minimum Gasteiger partial charge on any atom is -0.376 e. The number of hydrogen-bond donors (Lipinski definition) is 1. The summed E-state index contributed by atoms with van der Waals surface area (Å²) >= 11 is 0. The molecule has 0 bridgehead atoms. The molecule has 2 aliphatic rings. The van der Waals surface area contributed by atoms with E-state index in [0.717, 1.165) is 32.1 Å². The van der Waals surface area contributed by atoms with Crippen molar-refractivity contribution in [1.29, 1.82) is 0 Å². The van der Waals surface area contributed by atoms with Crippen molar-refractivity contribution in [3.63, 3.8) is 0 Å². The second kappa shape index (κ2) is 8.92. The topological polar surface area (TPSA) is 52.9 Å². The number of aliphatic hydroxyl groups is 1. The Morgan fingerprint density at radius 3 is 2.30 bits per heavy atom. The van der Waals surface area contributed by atoms with Crippen LogP contribution in [0.4, 0.5) is 13.2 Å². The number of benzene rings is 1. The van der Waals surface area contributed by atoms with E-state index in [0.29, 0.717) is 31.0 Å². The monoisotopic (exact) mass is 422 g/mol. The minimum absolute atomic E-state index is 0.125. The molecule has 0 radical (unpaired) electrons. The third-order valence-corrected chi connectivity index (χ3v) is 6.45. The summed E-state index contributed by atoms with van der Waals surface area (Å²) in [6.45, 7) is 3.18. The van der Waals surface area contributed by atoms with Crippen molar-refractivity contribution in [2.45, 2.75) is 69.8 Å². The number of carbonyl (C=O) groups is 1. The number of allylic oxidation sites excluding steroid dienone is 1. The number of carbonyl (C=O) groups excluding carboxylic acids is 1. The highest BCUT2D eigenvalue weighted by atomic mass is 19.4. The zero-order valence-electron chi connectivity index (χ0n) is 17.4. The molecule has 1 N–H and O–H groups in total. The van der Waals surface area contributed by atoms with Crippen LogP contribution in [-0.4, -0.2) is 46.9 Å². The molecule has 1 fully saturated rings. The Kier molecular flexibility index (Phi) is 6.70. The van der Waals surface area contributed by atoms with Crippen LogP contribution < -0.4 is 0 Å². The van der Waals surface area contributed by atoms with Gasteiger partial charge in [-0.2, -0.15) is 13.2 Å². The van der Waals surface area contributed by atoms with Crippen LogP contribution in [0, 0.1) is 5.92 Å². The van der Waals surface area contributed by atoms with E-state index in [1.165, 1.54) is 24.3 Å². The molecule has 1 aliphatic heterocycles. The predicted octanol–water partition coefficient (Wildman–Crippen LogP) is 4.88. The molecule has 1 heterocycles. The first-order valence-electron chi connectivity index (χ1n) is 10.5. The maximum atomic E-state index is 13.0. The van der Waals surface area contributed by atoms with Gasteiger partial charge in [-0.05, 0) is 75.6 Å². The van der Waals surface area contributed by atoms with Crippen molar-refractivity contribution < 1.29 is 23.1 Å². The molecule has 1 aromatic rings. The molecule has 164 valence electrons. The molecule has 7 heteroatoms. The molecule has 1 aromatic carbocycles. The highest BCUT2D eigenvalue weighted by Crippen LogP contribution is 2.38. The zero-order valence-corrected chi connectivity index (χ0v) is 17.4. The SMILES string of the molecule is CCN(C(=O)c1ccc([C@](C)(O)C(F)(F)F)cc1)[C@H]1CC[C@H](C2CC=CC=N2)CC1. The van der Waals surface area contributed by atoms with Crippen molar-refractivity contribution in [2.75, 3.05) is 6.54 Å². The van der Waals surface area contributed by atoms with E-state index in [4.69, 9.17) is 0 Å². The number of hydrogen-bond acceptors (Lipinski definition) is 3. The molecule has 1 amide bonds. The molecule has 0 aromatic heterocycles. The van der Waals surface area contributed by atoms with E-state index < -0.39 is 11.8 Å². The maximum absolute atomic E-state index is 13.0. The summed E-state index contributed by atoms with van der Waals surface area (Å²) in [4.78, 5) is 19.4. The van der Waals surface area contributed by atoms with Gasteiger partial charge in [0.1, 0.15) is 0 Å². The second-order valence-electron chi connectivity index (χ2n) is 8.34. The maximum Gasteiger partial charge on any atom is 0.421 e. The van der Waals surface area contributed by atoms with Crippen LogP contribution in [0.2, 0.25) is 0 Å². The minimum atomic E-state index is -4.79. The molecule has 1 aliphatic carbocycles. The van der Waals surface area contributed by atoms with Gasteiger partial charge in [0, 0.05) is 24.4 Å². The Balaban J connectivity index is 1.65. The average Bonchev–Trinajstić information content (AvgIpc) is 2.74. The summed E-state index contributed by atoms with van der Waals surface area (Å²) in [6, 6.07) is 5.56. The van der Waals surface area contributed by atoms with Crippen molar-refractivity contribution >= 4 is 12.1 Å². The van der Waals surface area contributed by atoms with Gasteiger partial charge in [-0.25, -0.2) is 0 Å². The number of dihydropyridines is 1. The fourth-order valence-corrected chi connectivity index (χ4v) is 4.45. The van der Waals surface area contributed by atoms with Crippen LogP contribution in [-0.2, 0) is 5.60 Å². The highest BCUT2D eigenvalue weighted by Gasteiger charge is 2.51. The summed E-state index contributed by atoms with van der Waals surface area (Å²) in [5, 5.41) is 9.81. The van der Waals surface area contributed by atoms with Crippen LogP contribution in [0.25, 0.3) is 0 Å². The summed E-state index contributed by atoms with van der Waals surface area (Å²) in [5.74, 6) is 0.345. The van der Waals surface area contributed by atoms with E-state index in [1.807, 2.05) is 24.1 Å². The standard InChI is InChI=1S/C23H29F3N2O2/c1-3-28(19-13-9-16(10-14-19)20-6-4-5-15-27-20)21(29)17-7-11-18(12-8-17)22(2,30)23(24,25)26/h4-5,7-8,11-12,15-16,19-20,30H,3,6,9-10,13-14H2,1-2H3/t16-,19-,20?,22-/m0/s1. The van der Waals surface area contributed by atoms with Gasteiger partial charge in [0.05, 0.1) is 6.04 Å². The molecular weight excluding hydrogens is 393 g/mol. The molecule has 3 rings (SSSR count). The van der Waals surface area contributed by atoms with Crippen LogP contribution in [0.1, 0.15) is 61.9 Å². The lowest BCUT2D eigenvalue weighted by molar-refractivity contribution is -0.258. The van der Waals surface area contributed by atoms with Crippen LogP contribution in [0.3, 0.4) is 0 Å². The van der Waals surface area contributed by atoms with Crippen molar-refractivity contribution in [2.24, 2.45) is 10.9 Å². The molecular formula is C23H29F3N2O2. The molecule has 30 heavy (non-hydrogen) atoms. The third kappa shape index (κ3) is 4.61. The third-order valence-electron chi connectivity index (χ3n) is 6.45. The van der Waals surface area contributed by atoms with Gasteiger partial charge in [0.15, 0.2) is 5.60 Å². The van der Waals surface area contributed by atoms with Gasteiger partial charge in [-0.1, -0.05) is 18.2 Å². The Labute approximate surface area is 175 Å². The first-order valence-corrected chi connectivity index (χ1v) is 10.5. The van der Waals surface area contributed by atoms with Crippen LogP contribution in [0.15, 0.2) is 41.4 Å². The van der Waals surface area contributed by atoms with Gasteiger partial charge in [0.2, 0.25) is 0 Å². The number of aliphatic imine (C=N–C) groups is 1. The molecule has 2 atom stereocenters. The van der Waals surface area contributed by atoms with E-state index in [1.54, 1.807) is 0 Å². The summed E-state index contributed by atoms with van der Waals surface area (Å²) in [6.07, 6.45) is 5.99. The average molecular weight is 422 g/mol. The van der Waals surface area contributed by atoms with Gasteiger partial charge in [-0.15, -0.1) is 0 Å². The van der Waals surface area contributed by atoms with Crippen molar-refractivity contribution in [3.8, 4) is 0 Å². The number of rotatable bonds is 5. The quantitative estimate of drug-likeness (QED) is 0.736. The smallest absolute Gasteiger partial charge is 0.376 e. The van der Waals surface area contributed by atoms with Crippen molar-refractivity contribution in [3.05, 3.63) is 47.5 Å². The Morgan fingerprint density at radius 2 is 1.80 bits per heavy atom. The lowest BCUT2D eigenvalue weighted by Crippen LogP contribution is -2.43. The van der Waals surface area contributed by atoms with Crippen molar-refractivity contribution in [1.82, 2.24) is 4.90 Å². The van der Waals surface area contributed by atoms with Gasteiger partial charge < -0.3 is 10.0 Å². The molecule has 1 unspecified atom stereocenters. The second-order valence-corrected chi connectivity index (χ2v) is 8.34. The Bertz CT molecular complexity index is 792. The van der Waals surface area contributed by atoms with Crippen LogP contribution >= 0.6 is 0 Å². The summed E-state index contributed by atoms with van der Waals surface area (Å²) < 4.78 is 39.1. The van der Waals surface area contributed by atoms with Gasteiger partial charge in [-0.3, -0.25) is 9.79 Å². The number of nitrogens with zero attached hydrogens (tertiary/aromatic N) is 2. The normalized spacial score (nSPS) is 26.3. The first kappa shape index (κ1) is 22.5. The molecule has 0 spiro atoms. The lowest BCUT2D eigenvalue weighted by atomic mass is 9.79. The number of amides is 1. The molecule has 1 saturated carbocycles. The summed E-state index contributed by atoms with van der Waals surface area (Å²) in [7, 11) is 0. The predicted molar refractivity (Wildman–Crippen MR) is 111 cm³/mol. The first-order chi connectivity index (χ1) is 14.1.